The highest BCUT2D eigenvalue weighted by molar-refractivity contribution is 8.01. The van der Waals surface area contributed by atoms with Crippen molar-refractivity contribution in [2.24, 2.45) is 0 Å². The third-order valence-electron chi connectivity index (χ3n) is 4.09. The Morgan fingerprint density at radius 1 is 1.43 bits per heavy atom. The molecule has 1 saturated carbocycles. The number of nitrogen functional groups attached to an aromatic ring is 1. The molecule has 6 nitrogen and oxygen atoms in total. The second-order valence-corrected chi connectivity index (χ2v) is 7.95. The quantitative estimate of drug-likeness (QED) is 0.820. The van der Waals surface area contributed by atoms with Gasteiger partial charge in [-0.1, -0.05) is 42.4 Å². The number of hydrogen-bond donors (Lipinski definition) is 2. The third-order valence-corrected chi connectivity index (χ3v) is 5.97. The van der Waals surface area contributed by atoms with E-state index in [9.17, 15) is 4.79 Å². The van der Waals surface area contributed by atoms with Crippen LogP contribution in [0.4, 0.5) is 5.13 Å². The monoisotopic (exact) mass is 328 g/mol. The molecule has 1 aliphatic heterocycles. The minimum Gasteiger partial charge on any atom is -0.374 e. The van der Waals surface area contributed by atoms with Gasteiger partial charge in [0.15, 0.2) is 4.34 Å². The van der Waals surface area contributed by atoms with Gasteiger partial charge in [0.1, 0.15) is 0 Å². The number of nitrogens with one attached hydrogen (secondary N) is 1. The Kier molecular flexibility index (Phi) is 4.66. The minimum absolute atomic E-state index is 0.0234. The number of anilines is 1. The summed E-state index contributed by atoms with van der Waals surface area (Å²) >= 11 is 2.68. The van der Waals surface area contributed by atoms with E-state index in [4.69, 9.17) is 10.5 Å². The molecule has 1 amide bonds. The van der Waals surface area contributed by atoms with E-state index >= 15 is 0 Å². The predicted octanol–water partition coefficient (Wildman–Crippen LogP) is 1.82. The summed E-state index contributed by atoms with van der Waals surface area (Å²) in [4.78, 5) is 12.0. The topological polar surface area (TPSA) is 90.1 Å². The molecule has 0 bridgehead atoms. The van der Waals surface area contributed by atoms with Crippen LogP contribution in [-0.4, -0.2) is 40.1 Å². The van der Waals surface area contributed by atoms with Crippen molar-refractivity contribution in [3.8, 4) is 0 Å². The van der Waals surface area contributed by atoms with Crippen molar-refractivity contribution in [1.82, 2.24) is 15.5 Å². The first-order valence-electron chi connectivity index (χ1n) is 7.30. The molecule has 21 heavy (non-hydrogen) atoms. The zero-order chi connectivity index (χ0) is 14.7. The van der Waals surface area contributed by atoms with Crippen molar-refractivity contribution in [3.63, 3.8) is 0 Å². The van der Waals surface area contributed by atoms with Crippen molar-refractivity contribution in [2.45, 2.75) is 54.5 Å². The van der Waals surface area contributed by atoms with E-state index in [-0.39, 0.29) is 17.6 Å². The lowest BCUT2D eigenvalue weighted by Gasteiger charge is -2.32. The molecule has 1 aliphatic carbocycles. The standard InChI is InChI=1S/C13H20N4O2S2/c14-11-16-17-12(21-11)20-8-10(18)15-9-6-13(19-7-9)4-2-1-3-5-13/h9H,1-8H2,(H2,14,16)(H,15,18). The Labute approximate surface area is 132 Å². The Morgan fingerprint density at radius 2 is 2.24 bits per heavy atom. The smallest absolute Gasteiger partial charge is 0.230 e. The van der Waals surface area contributed by atoms with Crippen molar-refractivity contribution in [1.29, 1.82) is 0 Å². The molecule has 1 saturated heterocycles. The molecular weight excluding hydrogens is 308 g/mol. The van der Waals surface area contributed by atoms with Crippen LogP contribution in [0.2, 0.25) is 0 Å². The van der Waals surface area contributed by atoms with Gasteiger partial charge in [-0.15, -0.1) is 10.2 Å². The number of hydrogen-bond acceptors (Lipinski definition) is 7. The molecule has 2 heterocycles. The summed E-state index contributed by atoms with van der Waals surface area (Å²) < 4.78 is 6.73. The van der Waals surface area contributed by atoms with Gasteiger partial charge in [-0.2, -0.15) is 0 Å². The molecule has 0 radical (unpaired) electrons. The van der Waals surface area contributed by atoms with E-state index in [0.717, 1.165) is 23.6 Å². The van der Waals surface area contributed by atoms with Gasteiger partial charge in [-0.05, 0) is 19.3 Å². The van der Waals surface area contributed by atoms with Crippen LogP contribution >= 0.6 is 23.1 Å². The van der Waals surface area contributed by atoms with Gasteiger partial charge in [-0.25, -0.2) is 0 Å². The van der Waals surface area contributed by atoms with Crippen molar-refractivity contribution in [2.75, 3.05) is 18.1 Å². The van der Waals surface area contributed by atoms with E-state index in [2.05, 4.69) is 15.5 Å². The third kappa shape index (κ3) is 3.87. The Hall–Kier alpha value is -0.860. The summed E-state index contributed by atoms with van der Waals surface area (Å²) in [6, 6.07) is 0.149. The number of nitrogens with two attached hydrogens (primary N) is 1. The van der Waals surface area contributed by atoms with Crippen LogP contribution < -0.4 is 11.1 Å². The fourth-order valence-corrected chi connectivity index (χ4v) is 4.60. The molecular formula is C13H20N4O2S2. The van der Waals surface area contributed by atoms with Crippen LogP contribution in [0.5, 0.6) is 0 Å². The summed E-state index contributed by atoms with van der Waals surface area (Å²) in [6.45, 7) is 0.641. The zero-order valence-electron chi connectivity index (χ0n) is 11.8. The summed E-state index contributed by atoms with van der Waals surface area (Å²) in [5, 5.41) is 11.1. The Bertz CT molecular complexity index is 502. The Morgan fingerprint density at radius 3 is 2.95 bits per heavy atom. The average molecular weight is 328 g/mol. The van der Waals surface area contributed by atoms with E-state index < -0.39 is 0 Å². The molecule has 0 aromatic carbocycles. The summed E-state index contributed by atoms with van der Waals surface area (Å²) in [6.07, 6.45) is 7.03. The van der Waals surface area contributed by atoms with Gasteiger partial charge in [0.05, 0.1) is 24.0 Å². The lowest BCUT2D eigenvalue weighted by atomic mass is 9.82. The van der Waals surface area contributed by atoms with Crippen LogP contribution in [-0.2, 0) is 9.53 Å². The van der Waals surface area contributed by atoms with Crippen molar-refractivity contribution < 1.29 is 9.53 Å². The maximum absolute atomic E-state index is 12.0. The highest BCUT2D eigenvalue weighted by Crippen LogP contribution is 2.39. The fraction of sp³-hybridized carbons (Fsp3) is 0.769. The first-order chi connectivity index (χ1) is 10.2. The number of nitrogens with zero attached hydrogens (tertiary/aromatic N) is 2. The summed E-state index contributed by atoms with van der Waals surface area (Å²) in [7, 11) is 0. The molecule has 2 fully saturated rings. The predicted molar refractivity (Wildman–Crippen MR) is 83.4 cm³/mol. The summed E-state index contributed by atoms with van der Waals surface area (Å²) in [5.41, 5.74) is 5.55. The van der Waals surface area contributed by atoms with E-state index in [1.165, 1.54) is 42.4 Å². The lowest BCUT2D eigenvalue weighted by molar-refractivity contribution is -0.119. The molecule has 1 spiro atoms. The van der Waals surface area contributed by atoms with Crippen LogP contribution in [0.3, 0.4) is 0 Å². The van der Waals surface area contributed by atoms with Gasteiger partial charge in [0.2, 0.25) is 11.0 Å². The molecule has 1 aromatic heterocycles. The number of amides is 1. The van der Waals surface area contributed by atoms with Gasteiger partial charge in [-0.3, -0.25) is 4.79 Å². The second-order valence-electron chi connectivity index (χ2n) is 5.72. The largest absolute Gasteiger partial charge is 0.374 e. The number of carbonyl (C=O) groups excluding carboxylic acids is 1. The number of carbonyl (C=O) groups is 1. The number of rotatable bonds is 4. The lowest BCUT2D eigenvalue weighted by Crippen LogP contribution is -2.38. The Balaban J connectivity index is 1.43. The zero-order valence-corrected chi connectivity index (χ0v) is 13.5. The van der Waals surface area contributed by atoms with E-state index in [0.29, 0.717) is 17.5 Å². The number of aromatic nitrogens is 2. The fourth-order valence-electron chi connectivity index (χ4n) is 3.16. The molecule has 1 atom stereocenters. The van der Waals surface area contributed by atoms with Crippen molar-refractivity contribution >= 4 is 34.1 Å². The van der Waals surface area contributed by atoms with E-state index in [1.54, 1.807) is 0 Å². The number of thioether (sulfide) groups is 1. The highest BCUT2D eigenvalue weighted by Gasteiger charge is 2.41. The van der Waals surface area contributed by atoms with E-state index in [1.807, 2.05) is 0 Å². The molecule has 8 heteroatoms. The average Bonchev–Trinajstić information content (AvgIpc) is 3.05. The first kappa shape index (κ1) is 15.1. The molecule has 1 aromatic rings. The highest BCUT2D eigenvalue weighted by atomic mass is 32.2. The normalized spacial score (nSPS) is 24.3. The van der Waals surface area contributed by atoms with Crippen LogP contribution in [0.25, 0.3) is 0 Å². The minimum atomic E-state index is 0.0234. The van der Waals surface area contributed by atoms with Gasteiger partial charge in [0.25, 0.3) is 0 Å². The molecule has 3 rings (SSSR count). The molecule has 1 unspecified atom stereocenters. The first-order valence-corrected chi connectivity index (χ1v) is 9.11. The molecule has 2 aliphatic rings. The molecule has 116 valence electrons. The maximum atomic E-state index is 12.0. The second kappa shape index (κ2) is 6.50. The maximum Gasteiger partial charge on any atom is 0.230 e. The summed E-state index contributed by atoms with van der Waals surface area (Å²) in [5.74, 6) is 0.369. The SMILES string of the molecule is Nc1nnc(SCC(=O)NC2COC3(CCCCC3)C2)s1. The molecule has 3 N–H and O–H groups in total. The van der Waals surface area contributed by atoms with Crippen molar-refractivity contribution in [3.05, 3.63) is 0 Å². The number of ether oxygens (including phenoxy) is 1. The van der Waals surface area contributed by atoms with Gasteiger partial charge < -0.3 is 15.8 Å². The van der Waals surface area contributed by atoms with Crippen LogP contribution in [0.1, 0.15) is 38.5 Å². The van der Waals surface area contributed by atoms with Gasteiger partial charge >= 0.3 is 0 Å². The van der Waals surface area contributed by atoms with Crippen LogP contribution in [0, 0.1) is 0 Å². The van der Waals surface area contributed by atoms with Crippen LogP contribution in [0.15, 0.2) is 4.34 Å². The van der Waals surface area contributed by atoms with Gasteiger partial charge in [0, 0.05) is 0 Å².